The average Bonchev–Trinajstić information content (AvgIpc) is 2.44. The predicted molar refractivity (Wildman–Crippen MR) is 60.1 cm³/mol. The molecule has 0 saturated heterocycles. The molecule has 0 saturated carbocycles. The molecule has 0 amide bonds. The third kappa shape index (κ3) is 1.44. The Labute approximate surface area is 91.1 Å². The molecule has 0 bridgehead atoms. The molecule has 0 fully saturated rings. The first-order valence-electron chi connectivity index (χ1n) is 4.42. The van der Waals surface area contributed by atoms with E-state index in [1.54, 1.807) is 0 Å². The lowest BCUT2D eigenvalue weighted by Crippen LogP contribution is -2.31. The standard InChI is InChI=1S/C10H12BrN3/c1-10(2,12)9-13-8(11)7-5-3-4-6-14(7)9/h3-6H,12H2,1-2H3. The topological polar surface area (TPSA) is 43.3 Å². The minimum Gasteiger partial charge on any atom is -0.319 e. The molecule has 0 atom stereocenters. The Hall–Kier alpha value is -0.870. The normalized spacial score (nSPS) is 12.3. The highest BCUT2D eigenvalue weighted by atomic mass is 79.9. The van der Waals surface area contributed by atoms with Gasteiger partial charge in [-0.25, -0.2) is 4.98 Å². The molecular formula is C10H12BrN3. The van der Waals surface area contributed by atoms with E-state index in [0.717, 1.165) is 15.9 Å². The molecule has 0 spiro atoms. The van der Waals surface area contributed by atoms with Gasteiger partial charge in [0.25, 0.3) is 0 Å². The van der Waals surface area contributed by atoms with Crippen molar-refractivity contribution in [3.05, 3.63) is 34.8 Å². The van der Waals surface area contributed by atoms with E-state index in [9.17, 15) is 0 Å². The number of hydrogen-bond acceptors (Lipinski definition) is 2. The molecular weight excluding hydrogens is 242 g/mol. The van der Waals surface area contributed by atoms with Gasteiger partial charge < -0.3 is 10.1 Å². The van der Waals surface area contributed by atoms with Gasteiger partial charge in [-0.1, -0.05) is 6.07 Å². The molecule has 14 heavy (non-hydrogen) atoms. The smallest absolute Gasteiger partial charge is 0.134 e. The van der Waals surface area contributed by atoms with Gasteiger partial charge in [0.1, 0.15) is 10.4 Å². The molecule has 0 aliphatic heterocycles. The summed E-state index contributed by atoms with van der Waals surface area (Å²) in [5.41, 5.74) is 6.64. The van der Waals surface area contributed by atoms with Crippen molar-refractivity contribution < 1.29 is 0 Å². The van der Waals surface area contributed by atoms with Gasteiger partial charge in [0.15, 0.2) is 0 Å². The minimum absolute atomic E-state index is 0.434. The van der Waals surface area contributed by atoms with E-state index >= 15 is 0 Å². The van der Waals surface area contributed by atoms with Crippen LogP contribution in [0.4, 0.5) is 0 Å². The van der Waals surface area contributed by atoms with Crippen LogP contribution in [-0.2, 0) is 5.54 Å². The van der Waals surface area contributed by atoms with Crippen molar-refractivity contribution in [2.24, 2.45) is 5.73 Å². The fourth-order valence-electron chi connectivity index (χ4n) is 1.45. The summed E-state index contributed by atoms with van der Waals surface area (Å²) in [5.74, 6) is 0.861. The molecule has 4 heteroatoms. The molecule has 0 unspecified atom stereocenters. The van der Waals surface area contributed by atoms with Crippen molar-refractivity contribution in [2.45, 2.75) is 19.4 Å². The summed E-state index contributed by atoms with van der Waals surface area (Å²) in [6.07, 6.45) is 1.97. The lowest BCUT2D eigenvalue weighted by atomic mass is 10.1. The van der Waals surface area contributed by atoms with Crippen molar-refractivity contribution in [3.8, 4) is 0 Å². The summed E-state index contributed by atoms with van der Waals surface area (Å²) in [7, 11) is 0. The SMILES string of the molecule is CC(C)(N)c1nc(Br)c2ccccn12. The largest absolute Gasteiger partial charge is 0.319 e. The van der Waals surface area contributed by atoms with Gasteiger partial charge in [-0.05, 0) is 41.9 Å². The number of rotatable bonds is 1. The molecule has 0 aliphatic carbocycles. The van der Waals surface area contributed by atoms with Gasteiger partial charge in [-0.15, -0.1) is 0 Å². The van der Waals surface area contributed by atoms with E-state index in [1.807, 2.05) is 42.6 Å². The molecule has 2 N–H and O–H groups in total. The van der Waals surface area contributed by atoms with E-state index in [1.165, 1.54) is 0 Å². The number of nitrogens with zero attached hydrogens (tertiary/aromatic N) is 2. The van der Waals surface area contributed by atoms with Crippen LogP contribution in [0.25, 0.3) is 5.52 Å². The van der Waals surface area contributed by atoms with Crippen molar-refractivity contribution in [1.82, 2.24) is 9.38 Å². The maximum Gasteiger partial charge on any atom is 0.134 e. The van der Waals surface area contributed by atoms with Gasteiger partial charge in [0, 0.05) is 6.20 Å². The molecule has 74 valence electrons. The first-order valence-corrected chi connectivity index (χ1v) is 5.21. The maximum absolute atomic E-state index is 6.03. The van der Waals surface area contributed by atoms with Crippen molar-refractivity contribution in [3.63, 3.8) is 0 Å². The highest BCUT2D eigenvalue weighted by molar-refractivity contribution is 9.10. The van der Waals surface area contributed by atoms with E-state index in [2.05, 4.69) is 20.9 Å². The van der Waals surface area contributed by atoms with Crippen LogP contribution in [0.3, 0.4) is 0 Å². The van der Waals surface area contributed by atoms with Crippen LogP contribution in [0.1, 0.15) is 19.7 Å². The fraction of sp³-hybridized carbons (Fsp3) is 0.300. The van der Waals surface area contributed by atoms with Crippen molar-refractivity contribution >= 4 is 21.4 Å². The zero-order valence-corrected chi connectivity index (χ0v) is 9.75. The molecule has 2 aromatic rings. The van der Waals surface area contributed by atoms with Gasteiger partial charge in [0.05, 0.1) is 11.1 Å². The summed E-state index contributed by atoms with van der Waals surface area (Å²) < 4.78 is 2.84. The summed E-state index contributed by atoms with van der Waals surface area (Å²) in [5, 5.41) is 0. The number of aromatic nitrogens is 2. The van der Waals surface area contributed by atoms with E-state index < -0.39 is 5.54 Å². The monoisotopic (exact) mass is 253 g/mol. The molecule has 2 rings (SSSR count). The van der Waals surface area contributed by atoms with Crippen molar-refractivity contribution in [2.75, 3.05) is 0 Å². The zero-order valence-electron chi connectivity index (χ0n) is 8.16. The van der Waals surface area contributed by atoms with Gasteiger partial charge in [0.2, 0.25) is 0 Å². The Kier molecular flexibility index (Phi) is 2.12. The first kappa shape index (κ1) is 9.68. The van der Waals surface area contributed by atoms with Crippen LogP contribution in [0.2, 0.25) is 0 Å². The van der Waals surface area contributed by atoms with Crippen LogP contribution in [-0.4, -0.2) is 9.38 Å². The Bertz CT molecular complexity index is 468. The summed E-state index contributed by atoms with van der Waals surface area (Å²) in [4.78, 5) is 4.42. The molecule has 2 heterocycles. The van der Waals surface area contributed by atoms with Crippen molar-refractivity contribution in [1.29, 1.82) is 0 Å². The molecule has 0 aliphatic rings. The number of fused-ring (bicyclic) bond motifs is 1. The van der Waals surface area contributed by atoms with Gasteiger partial charge in [-0.2, -0.15) is 0 Å². The van der Waals surface area contributed by atoms with Crippen LogP contribution < -0.4 is 5.73 Å². The maximum atomic E-state index is 6.03. The number of pyridine rings is 1. The van der Waals surface area contributed by atoms with Crippen LogP contribution in [0, 0.1) is 0 Å². The van der Waals surface area contributed by atoms with Crippen LogP contribution in [0.15, 0.2) is 29.0 Å². The minimum atomic E-state index is -0.434. The van der Waals surface area contributed by atoms with Crippen LogP contribution in [0.5, 0.6) is 0 Å². The number of hydrogen-bond donors (Lipinski definition) is 1. The molecule has 0 aromatic carbocycles. The summed E-state index contributed by atoms with van der Waals surface area (Å²) in [6.45, 7) is 3.89. The Morgan fingerprint density at radius 3 is 2.79 bits per heavy atom. The average molecular weight is 254 g/mol. The molecule has 0 radical (unpaired) electrons. The zero-order chi connectivity index (χ0) is 10.3. The lowest BCUT2D eigenvalue weighted by molar-refractivity contribution is 0.511. The summed E-state index contributed by atoms with van der Waals surface area (Å²) in [6, 6.07) is 5.96. The number of halogens is 1. The highest BCUT2D eigenvalue weighted by Gasteiger charge is 2.21. The second-order valence-electron chi connectivity index (χ2n) is 3.90. The Morgan fingerprint density at radius 2 is 2.14 bits per heavy atom. The first-order chi connectivity index (χ1) is 6.50. The second kappa shape index (κ2) is 3.07. The third-order valence-corrected chi connectivity index (χ3v) is 2.66. The van der Waals surface area contributed by atoms with Gasteiger partial charge >= 0.3 is 0 Å². The van der Waals surface area contributed by atoms with Gasteiger partial charge in [-0.3, -0.25) is 0 Å². The van der Waals surface area contributed by atoms with E-state index in [4.69, 9.17) is 5.73 Å². The summed E-state index contributed by atoms with van der Waals surface area (Å²) >= 11 is 3.42. The number of imidazole rings is 1. The fourth-order valence-corrected chi connectivity index (χ4v) is 1.95. The quantitative estimate of drug-likeness (QED) is 0.848. The lowest BCUT2D eigenvalue weighted by Gasteiger charge is -2.16. The van der Waals surface area contributed by atoms with Crippen LogP contribution >= 0.6 is 15.9 Å². The molecule has 2 aromatic heterocycles. The van der Waals surface area contributed by atoms with E-state index in [-0.39, 0.29) is 0 Å². The highest BCUT2D eigenvalue weighted by Crippen LogP contribution is 2.23. The number of nitrogens with two attached hydrogens (primary N) is 1. The predicted octanol–water partition coefficient (Wildman–Crippen LogP) is 2.29. The third-order valence-electron chi connectivity index (χ3n) is 2.08. The second-order valence-corrected chi connectivity index (χ2v) is 4.65. The Balaban J connectivity index is 2.80. The van der Waals surface area contributed by atoms with E-state index in [0.29, 0.717) is 0 Å². The Morgan fingerprint density at radius 1 is 1.43 bits per heavy atom. The molecule has 3 nitrogen and oxygen atoms in total.